The second-order valence-corrected chi connectivity index (χ2v) is 5.24. The molecule has 0 unspecified atom stereocenters. The van der Waals surface area contributed by atoms with Gasteiger partial charge in [0, 0.05) is 30.9 Å². The number of carbonyl (C=O) groups is 1. The SMILES string of the molecule is CCCNc1ccc(C(=O)NCCN(CC)CC)c(C)c1. The van der Waals surface area contributed by atoms with Crippen molar-refractivity contribution in [2.24, 2.45) is 0 Å². The molecule has 0 radical (unpaired) electrons. The van der Waals surface area contributed by atoms with Crippen LogP contribution in [0.15, 0.2) is 18.2 Å². The maximum absolute atomic E-state index is 12.2. The van der Waals surface area contributed by atoms with Crippen molar-refractivity contribution in [1.82, 2.24) is 10.2 Å². The van der Waals surface area contributed by atoms with Crippen LogP contribution in [0.1, 0.15) is 43.1 Å². The van der Waals surface area contributed by atoms with E-state index in [4.69, 9.17) is 0 Å². The molecule has 0 aromatic heterocycles. The van der Waals surface area contributed by atoms with Crippen molar-refractivity contribution in [2.75, 3.05) is 38.0 Å². The van der Waals surface area contributed by atoms with Crippen LogP contribution in [0.3, 0.4) is 0 Å². The zero-order chi connectivity index (χ0) is 15.7. The molecule has 0 bridgehead atoms. The molecule has 2 N–H and O–H groups in total. The fourth-order valence-electron chi connectivity index (χ4n) is 2.26. The molecule has 0 saturated heterocycles. The second-order valence-electron chi connectivity index (χ2n) is 5.24. The van der Waals surface area contributed by atoms with E-state index in [1.807, 2.05) is 25.1 Å². The van der Waals surface area contributed by atoms with Gasteiger partial charge in [-0.25, -0.2) is 0 Å². The maximum atomic E-state index is 12.2. The van der Waals surface area contributed by atoms with Crippen LogP contribution in [0.2, 0.25) is 0 Å². The summed E-state index contributed by atoms with van der Waals surface area (Å²) in [4.78, 5) is 14.5. The van der Waals surface area contributed by atoms with E-state index in [-0.39, 0.29) is 5.91 Å². The highest BCUT2D eigenvalue weighted by Gasteiger charge is 2.09. The number of rotatable bonds is 9. The predicted molar refractivity (Wildman–Crippen MR) is 90.1 cm³/mol. The Labute approximate surface area is 128 Å². The summed E-state index contributed by atoms with van der Waals surface area (Å²) in [7, 11) is 0. The lowest BCUT2D eigenvalue weighted by Crippen LogP contribution is -2.35. The molecule has 1 rings (SSSR count). The summed E-state index contributed by atoms with van der Waals surface area (Å²) in [6, 6.07) is 5.91. The Morgan fingerprint density at radius 3 is 2.43 bits per heavy atom. The summed E-state index contributed by atoms with van der Waals surface area (Å²) >= 11 is 0. The third-order valence-electron chi connectivity index (χ3n) is 3.66. The summed E-state index contributed by atoms with van der Waals surface area (Å²) in [6.07, 6.45) is 1.09. The Bertz CT molecular complexity index is 442. The fourth-order valence-corrected chi connectivity index (χ4v) is 2.26. The van der Waals surface area contributed by atoms with E-state index in [1.54, 1.807) is 0 Å². The van der Waals surface area contributed by atoms with Crippen LogP contribution < -0.4 is 10.6 Å². The molecular weight excluding hydrogens is 262 g/mol. The first kappa shape index (κ1) is 17.5. The molecule has 4 nitrogen and oxygen atoms in total. The van der Waals surface area contributed by atoms with Crippen LogP contribution in [0.25, 0.3) is 0 Å². The van der Waals surface area contributed by atoms with Gasteiger partial charge in [-0.1, -0.05) is 20.8 Å². The Balaban J connectivity index is 2.54. The first-order valence-electron chi connectivity index (χ1n) is 7.97. The van der Waals surface area contributed by atoms with Gasteiger partial charge in [0.05, 0.1) is 0 Å². The minimum atomic E-state index is 0.0155. The largest absolute Gasteiger partial charge is 0.385 e. The summed E-state index contributed by atoms with van der Waals surface area (Å²) < 4.78 is 0. The molecule has 0 aliphatic heterocycles. The summed E-state index contributed by atoms with van der Waals surface area (Å²) in [5.74, 6) is 0.0155. The quantitative estimate of drug-likeness (QED) is 0.735. The number of hydrogen-bond acceptors (Lipinski definition) is 3. The van der Waals surface area contributed by atoms with Gasteiger partial charge >= 0.3 is 0 Å². The zero-order valence-corrected chi connectivity index (χ0v) is 13.8. The zero-order valence-electron chi connectivity index (χ0n) is 13.8. The Hall–Kier alpha value is -1.55. The Morgan fingerprint density at radius 2 is 1.86 bits per heavy atom. The first-order chi connectivity index (χ1) is 10.1. The average Bonchev–Trinajstić information content (AvgIpc) is 2.49. The molecule has 0 fully saturated rings. The maximum Gasteiger partial charge on any atom is 0.251 e. The van der Waals surface area contributed by atoms with Gasteiger partial charge < -0.3 is 15.5 Å². The van der Waals surface area contributed by atoms with Crippen LogP contribution in [0, 0.1) is 6.92 Å². The number of amides is 1. The van der Waals surface area contributed by atoms with Gasteiger partial charge in [0.2, 0.25) is 0 Å². The molecule has 1 aromatic rings. The lowest BCUT2D eigenvalue weighted by atomic mass is 10.1. The van der Waals surface area contributed by atoms with E-state index < -0.39 is 0 Å². The van der Waals surface area contributed by atoms with Gasteiger partial charge in [0.1, 0.15) is 0 Å². The smallest absolute Gasteiger partial charge is 0.251 e. The van der Waals surface area contributed by atoms with E-state index >= 15 is 0 Å². The minimum absolute atomic E-state index is 0.0155. The Morgan fingerprint density at radius 1 is 1.14 bits per heavy atom. The van der Waals surface area contributed by atoms with Crippen molar-refractivity contribution in [1.29, 1.82) is 0 Å². The van der Waals surface area contributed by atoms with E-state index in [0.29, 0.717) is 6.54 Å². The molecule has 0 aliphatic rings. The average molecular weight is 291 g/mol. The number of benzene rings is 1. The molecule has 1 amide bonds. The van der Waals surface area contributed by atoms with Gasteiger partial charge in [-0.2, -0.15) is 0 Å². The molecule has 0 aliphatic carbocycles. The molecule has 0 heterocycles. The van der Waals surface area contributed by atoms with Crippen molar-refractivity contribution in [2.45, 2.75) is 34.1 Å². The van der Waals surface area contributed by atoms with Crippen LogP contribution in [0.5, 0.6) is 0 Å². The van der Waals surface area contributed by atoms with Crippen LogP contribution in [-0.2, 0) is 0 Å². The number of aryl methyl sites for hydroxylation is 1. The fraction of sp³-hybridized carbons (Fsp3) is 0.588. The van der Waals surface area contributed by atoms with Gasteiger partial charge in [0.15, 0.2) is 0 Å². The highest BCUT2D eigenvalue weighted by Crippen LogP contribution is 2.15. The van der Waals surface area contributed by atoms with Crippen molar-refractivity contribution in [3.05, 3.63) is 29.3 Å². The minimum Gasteiger partial charge on any atom is -0.385 e. The van der Waals surface area contributed by atoms with Gasteiger partial charge in [-0.3, -0.25) is 4.79 Å². The number of nitrogens with zero attached hydrogens (tertiary/aromatic N) is 1. The normalized spacial score (nSPS) is 10.7. The lowest BCUT2D eigenvalue weighted by molar-refractivity contribution is 0.0948. The predicted octanol–water partition coefficient (Wildman–Crippen LogP) is 2.89. The van der Waals surface area contributed by atoms with Crippen molar-refractivity contribution < 1.29 is 4.79 Å². The molecule has 4 heteroatoms. The van der Waals surface area contributed by atoms with Crippen LogP contribution in [0.4, 0.5) is 5.69 Å². The lowest BCUT2D eigenvalue weighted by Gasteiger charge is -2.18. The van der Waals surface area contributed by atoms with E-state index in [9.17, 15) is 4.79 Å². The van der Waals surface area contributed by atoms with Crippen LogP contribution in [-0.4, -0.2) is 43.5 Å². The third-order valence-corrected chi connectivity index (χ3v) is 3.66. The topological polar surface area (TPSA) is 44.4 Å². The second kappa shape index (κ2) is 9.40. The number of carbonyl (C=O) groups excluding carboxylic acids is 1. The molecule has 0 spiro atoms. The molecule has 21 heavy (non-hydrogen) atoms. The highest BCUT2D eigenvalue weighted by molar-refractivity contribution is 5.96. The number of hydrogen-bond donors (Lipinski definition) is 2. The van der Waals surface area contributed by atoms with E-state index in [0.717, 1.165) is 49.4 Å². The summed E-state index contributed by atoms with van der Waals surface area (Å²) in [5, 5.41) is 6.34. The standard InChI is InChI=1S/C17H29N3O/c1-5-10-18-15-8-9-16(14(4)13-15)17(21)19-11-12-20(6-2)7-3/h8-9,13,18H,5-7,10-12H2,1-4H3,(H,19,21). The molecule has 0 atom stereocenters. The summed E-state index contributed by atoms with van der Waals surface area (Å²) in [6.45, 7) is 13.0. The monoisotopic (exact) mass is 291 g/mol. The van der Waals surface area contributed by atoms with Gasteiger partial charge in [0.25, 0.3) is 5.91 Å². The van der Waals surface area contributed by atoms with Crippen LogP contribution >= 0.6 is 0 Å². The number of anilines is 1. The Kier molecular flexibility index (Phi) is 7.83. The third kappa shape index (κ3) is 5.76. The van der Waals surface area contributed by atoms with E-state index in [1.165, 1.54) is 0 Å². The molecule has 118 valence electrons. The van der Waals surface area contributed by atoms with Crippen molar-refractivity contribution >= 4 is 11.6 Å². The summed E-state index contributed by atoms with van der Waals surface area (Å²) in [5.41, 5.74) is 2.85. The molecule has 0 saturated carbocycles. The van der Waals surface area contributed by atoms with Crippen molar-refractivity contribution in [3.63, 3.8) is 0 Å². The molecule has 1 aromatic carbocycles. The highest BCUT2D eigenvalue weighted by atomic mass is 16.1. The van der Waals surface area contributed by atoms with E-state index in [2.05, 4.69) is 36.3 Å². The first-order valence-corrected chi connectivity index (χ1v) is 7.97. The van der Waals surface area contributed by atoms with Gasteiger partial charge in [-0.05, 0) is 50.2 Å². The molecular formula is C17H29N3O. The van der Waals surface area contributed by atoms with Gasteiger partial charge in [-0.15, -0.1) is 0 Å². The number of nitrogens with one attached hydrogen (secondary N) is 2. The van der Waals surface area contributed by atoms with Crippen molar-refractivity contribution in [3.8, 4) is 0 Å². The number of likely N-dealkylation sites (N-methyl/N-ethyl adjacent to an activating group) is 1.